The van der Waals surface area contributed by atoms with Gasteiger partial charge in [0, 0.05) is 18.9 Å². The maximum absolute atomic E-state index is 11.4. The van der Waals surface area contributed by atoms with Gasteiger partial charge in [-0.2, -0.15) is 0 Å². The van der Waals surface area contributed by atoms with E-state index in [1.165, 1.54) is 0 Å². The fraction of sp³-hybridized carbons (Fsp3) is 0.800. The summed E-state index contributed by atoms with van der Waals surface area (Å²) in [6, 6.07) is -0.579. The van der Waals surface area contributed by atoms with Crippen LogP contribution in [0.4, 0.5) is 4.79 Å². The van der Waals surface area contributed by atoms with Crippen molar-refractivity contribution in [2.24, 2.45) is 0 Å². The van der Waals surface area contributed by atoms with Crippen molar-refractivity contribution in [1.82, 2.24) is 10.6 Å². The van der Waals surface area contributed by atoms with E-state index in [4.69, 9.17) is 16.3 Å². The van der Waals surface area contributed by atoms with Gasteiger partial charge < -0.3 is 10.1 Å². The van der Waals surface area contributed by atoms with Crippen LogP contribution in [0, 0.1) is 0 Å². The first-order valence-corrected chi connectivity index (χ1v) is 5.95. The molecule has 0 radical (unpaired) electrons. The molecule has 1 saturated heterocycles. The molecule has 0 saturated carbocycles. The fourth-order valence-corrected chi connectivity index (χ4v) is 1.78. The Hall–Kier alpha value is -0.810. The quantitative estimate of drug-likeness (QED) is 0.730. The predicted octanol–water partition coefficient (Wildman–Crippen LogP) is 1.01. The summed E-state index contributed by atoms with van der Waals surface area (Å²) in [5.41, 5.74) is 0. The first-order chi connectivity index (χ1) is 7.63. The molecule has 1 heterocycles. The van der Waals surface area contributed by atoms with E-state index in [0.717, 1.165) is 19.4 Å². The van der Waals surface area contributed by atoms with E-state index in [1.54, 1.807) is 0 Å². The fourth-order valence-electron chi connectivity index (χ4n) is 1.61. The highest BCUT2D eigenvalue weighted by Gasteiger charge is 2.23. The van der Waals surface area contributed by atoms with Gasteiger partial charge >= 0.3 is 6.03 Å². The van der Waals surface area contributed by atoms with E-state index in [1.807, 2.05) is 6.92 Å². The van der Waals surface area contributed by atoms with Gasteiger partial charge in [0.15, 0.2) is 0 Å². The number of hydrogen-bond acceptors (Lipinski definition) is 3. The van der Waals surface area contributed by atoms with Crippen molar-refractivity contribution in [3.63, 3.8) is 0 Å². The average molecular weight is 249 g/mol. The van der Waals surface area contributed by atoms with Crippen molar-refractivity contribution in [3.05, 3.63) is 0 Å². The molecule has 1 aliphatic rings. The molecular formula is C10H17ClN2O3. The normalized spacial score (nSPS) is 21.5. The molecule has 2 atom stereocenters. The maximum atomic E-state index is 11.4. The molecule has 2 N–H and O–H groups in total. The van der Waals surface area contributed by atoms with E-state index < -0.39 is 6.03 Å². The molecule has 16 heavy (non-hydrogen) atoms. The topological polar surface area (TPSA) is 67.4 Å². The minimum Gasteiger partial charge on any atom is -0.376 e. The van der Waals surface area contributed by atoms with Gasteiger partial charge in [-0.05, 0) is 19.8 Å². The Morgan fingerprint density at radius 2 is 2.31 bits per heavy atom. The van der Waals surface area contributed by atoms with Crippen molar-refractivity contribution in [1.29, 1.82) is 0 Å². The highest BCUT2D eigenvalue weighted by molar-refractivity contribution is 6.19. The summed E-state index contributed by atoms with van der Waals surface area (Å²) in [5, 5.41) is 4.88. The van der Waals surface area contributed by atoms with E-state index in [9.17, 15) is 9.59 Å². The van der Waals surface area contributed by atoms with Gasteiger partial charge in [-0.25, -0.2) is 4.79 Å². The van der Waals surface area contributed by atoms with Crippen LogP contribution in [-0.4, -0.2) is 36.6 Å². The molecular weight excluding hydrogens is 232 g/mol. The summed E-state index contributed by atoms with van der Waals surface area (Å²) in [4.78, 5) is 22.4. The molecule has 0 aliphatic carbocycles. The van der Waals surface area contributed by atoms with Crippen LogP contribution >= 0.6 is 11.6 Å². The number of rotatable bonds is 4. The van der Waals surface area contributed by atoms with Crippen LogP contribution in [0.25, 0.3) is 0 Å². The standard InChI is InChI=1S/C10H17ClN2O3/c1-7(8-3-2-6-16-8)12-10(15)13-9(14)4-5-11/h7-8H,2-6H2,1H3,(H2,12,13,14,15). The summed E-state index contributed by atoms with van der Waals surface area (Å²) in [5.74, 6) is -0.160. The molecule has 5 nitrogen and oxygen atoms in total. The Labute approximate surface area is 99.9 Å². The SMILES string of the molecule is CC(NC(=O)NC(=O)CCCl)C1CCCO1. The number of hydrogen-bond donors (Lipinski definition) is 2. The second-order valence-electron chi connectivity index (χ2n) is 3.80. The lowest BCUT2D eigenvalue weighted by molar-refractivity contribution is -0.119. The number of urea groups is 1. The average Bonchev–Trinajstić information content (AvgIpc) is 2.69. The molecule has 1 aliphatic heterocycles. The number of ether oxygens (including phenoxy) is 1. The monoisotopic (exact) mass is 248 g/mol. The summed E-state index contributed by atoms with van der Waals surface area (Å²) in [6.07, 6.45) is 2.15. The minimum absolute atomic E-state index is 0.0499. The van der Waals surface area contributed by atoms with Gasteiger partial charge in [0.05, 0.1) is 12.1 Å². The molecule has 0 bridgehead atoms. The molecule has 1 rings (SSSR count). The van der Waals surface area contributed by atoms with Crippen LogP contribution in [0.1, 0.15) is 26.2 Å². The number of amides is 3. The predicted molar refractivity (Wildman–Crippen MR) is 60.4 cm³/mol. The number of imide groups is 1. The third-order valence-corrected chi connectivity index (χ3v) is 2.64. The number of carbonyl (C=O) groups excluding carboxylic acids is 2. The summed E-state index contributed by atoms with van der Waals surface area (Å²) < 4.78 is 5.42. The highest BCUT2D eigenvalue weighted by Crippen LogP contribution is 2.15. The Bertz CT molecular complexity index is 254. The van der Waals surface area contributed by atoms with E-state index in [2.05, 4.69) is 10.6 Å². The van der Waals surface area contributed by atoms with E-state index in [0.29, 0.717) is 0 Å². The Kier molecular flexibility index (Phi) is 5.55. The van der Waals surface area contributed by atoms with Crippen molar-refractivity contribution in [2.75, 3.05) is 12.5 Å². The Morgan fingerprint density at radius 3 is 2.88 bits per heavy atom. The highest BCUT2D eigenvalue weighted by atomic mass is 35.5. The lowest BCUT2D eigenvalue weighted by Gasteiger charge is -2.19. The van der Waals surface area contributed by atoms with Crippen LogP contribution in [0.3, 0.4) is 0 Å². The molecule has 0 aromatic heterocycles. The van der Waals surface area contributed by atoms with Gasteiger partial charge in [-0.1, -0.05) is 0 Å². The Balaban J connectivity index is 2.24. The molecule has 3 amide bonds. The first kappa shape index (κ1) is 13.3. The minimum atomic E-state index is -0.488. The molecule has 2 unspecified atom stereocenters. The number of alkyl halides is 1. The summed E-state index contributed by atoms with van der Waals surface area (Å²) >= 11 is 5.38. The smallest absolute Gasteiger partial charge is 0.321 e. The van der Waals surface area contributed by atoms with E-state index in [-0.39, 0.29) is 30.4 Å². The van der Waals surface area contributed by atoms with Crippen molar-refractivity contribution < 1.29 is 14.3 Å². The number of carbonyl (C=O) groups is 2. The zero-order valence-corrected chi connectivity index (χ0v) is 10.0. The molecule has 0 aromatic rings. The van der Waals surface area contributed by atoms with Crippen LogP contribution in [0.2, 0.25) is 0 Å². The summed E-state index contributed by atoms with van der Waals surface area (Å²) in [6.45, 7) is 2.60. The molecule has 6 heteroatoms. The number of nitrogens with one attached hydrogen (secondary N) is 2. The molecule has 92 valence electrons. The third kappa shape index (κ3) is 4.37. The van der Waals surface area contributed by atoms with Gasteiger partial charge in [-0.15, -0.1) is 11.6 Å². The van der Waals surface area contributed by atoms with E-state index >= 15 is 0 Å². The van der Waals surface area contributed by atoms with Gasteiger partial charge in [-0.3, -0.25) is 10.1 Å². The molecule has 0 aromatic carbocycles. The van der Waals surface area contributed by atoms with Gasteiger partial charge in [0.1, 0.15) is 0 Å². The second kappa shape index (κ2) is 6.70. The molecule has 1 fully saturated rings. The second-order valence-corrected chi connectivity index (χ2v) is 4.18. The van der Waals surface area contributed by atoms with Crippen LogP contribution < -0.4 is 10.6 Å². The zero-order valence-electron chi connectivity index (χ0n) is 9.29. The van der Waals surface area contributed by atoms with Crippen LogP contribution in [0.5, 0.6) is 0 Å². The lowest BCUT2D eigenvalue weighted by Crippen LogP contribution is -2.47. The van der Waals surface area contributed by atoms with Gasteiger partial charge in [0.25, 0.3) is 0 Å². The zero-order chi connectivity index (χ0) is 12.0. The van der Waals surface area contributed by atoms with Crippen molar-refractivity contribution >= 4 is 23.5 Å². The lowest BCUT2D eigenvalue weighted by atomic mass is 10.1. The summed E-state index contributed by atoms with van der Waals surface area (Å²) in [7, 11) is 0. The number of halogens is 1. The van der Waals surface area contributed by atoms with Crippen molar-refractivity contribution in [2.45, 2.75) is 38.3 Å². The van der Waals surface area contributed by atoms with Crippen LogP contribution in [-0.2, 0) is 9.53 Å². The molecule has 0 spiro atoms. The third-order valence-electron chi connectivity index (χ3n) is 2.46. The largest absolute Gasteiger partial charge is 0.376 e. The van der Waals surface area contributed by atoms with Gasteiger partial charge in [0.2, 0.25) is 5.91 Å². The Morgan fingerprint density at radius 1 is 1.56 bits per heavy atom. The van der Waals surface area contributed by atoms with Crippen LogP contribution in [0.15, 0.2) is 0 Å². The van der Waals surface area contributed by atoms with Crippen molar-refractivity contribution in [3.8, 4) is 0 Å². The maximum Gasteiger partial charge on any atom is 0.321 e. The first-order valence-electron chi connectivity index (χ1n) is 5.41.